The lowest BCUT2D eigenvalue weighted by Gasteiger charge is -2.30. The number of anilines is 1. The van der Waals surface area contributed by atoms with E-state index in [-0.39, 0.29) is 12.1 Å². The van der Waals surface area contributed by atoms with E-state index in [0.29, 0.717) is 6.54 Å². The minimum absolute atomic E-state index is 0.0506. The predicted molar refractivity (Wildman–Crippen MR) is 132 cm³/mol. The molecule has 1 N–H and O–H groups in total. The summed E-state index contributed by atoms with van der Waals surface area (Å²) in [6, 6.07) is 16.4. The van der Waals surface area contributed by atoms with E-state index in [1.54, 1.807) is 11.3 Å². The first kappa shape index (κ1) is 19.8. The number of fused-ring (bicyclic) bond motifs is 5. The molecule has 2 aliphatic rings. The number of carbonyl (C=O) groups excluding carboxylic acids is 1. The highest BCUT2D eigenvalue weighted by Gasteiger charge is 2.36. The lowest BCUT2D eigenvalue weighted by Crippen LogP contribution is -2.37. The summed E-state index contributed by atoms with van der Waals surface area (Å²) in [6.07, 6.45) is 6.94. The summed E-state index contributed by atoms with van der Waals surface area (Å²) in [4.78, 5) is 18.5. The van der Waals surface area contributed by atoms with Gasteiger partial charge in [0.15, 0.2) is 0 Å². The Kier molecular flexibility index (Phi) is 4.92. The number of thiophene rings is 2. The third-order valence-corrected chi connectivity index (χ3v) is 8.78. The molecule has 4 heterocycles. The van der Waals surface area contributed by atoms with Gasteiger partial charge in [0, 0.05) is 27.2 Å². The SMILES string of the molecule is Cc1cccc(NC(=O)N2Cc3c(sc4c3CCCC4)-n3cccc3C2c2cccs2)c1. The van der Waals surface area contributed by atoms with Crippen molar-refractivity contribution in [1.82, 2.24) is 9.47 Å². The largest absolute Gasteiger partial charge is 0.323 e. The molecule has 6 rings (SSSR count). The number of hydrogen-bond donors (Lipinski definition) is 1. The van der Waals surface area contributed by atoms with Gasteiger partial charge in [0.2, 0.25) is 0 Å². The summed E-state index contributed by atoms with van der Waals surface area (Å²) in [5, 5.41) is 6.58. The predicted octanol–water partition coefficient (Wildman–Crippen LogP) is 6.92. The molecule has 162 valence electrons. The van der Waals surface area contributed by atoms with E-state index >= 15 is 0 Å². The normalized spacial score (nSPS) is 17.3. The molecule has 1 aromatic carbocycles. The maximum Gasteiger partial charge on any atom is 0.323 e. The van der Waals surface area contributed by atoms with Crippen molar-refractivity contribution >= 4 is 34.4 Å². The summed E-state index contributed by atoms with van der Waals surface area (Å²) in [5.41, 5.74) is 5.95. The molecular weight excluding hydrogens is 434 g/mol. The molecule has 0 saturated carbocycles. The van der Waals surface area contributed by atoms with Crippen LogP contribution in [0.25, 0.3) is 5.00 Å². The Labute approximate surface area is 196 Å². The molecule has 32 heavy (non-hydrogen) atoms. The third-order valence-electron chi connectivity index (χ3n) is 6.52. The molecule has 2 amide bonds. The van der Waals surface area contributed by atoms with Crippen molar-refractivity contribution < 1.29 is 4.79 Å². The van der Waals surface area contributed by atoms with Gasteiger partial charge in [-0.25, -0.2) is 4.79 Å². The summed E-state index contributed by atoms with van der Waals surface area (Å²) in [7, 11) is 0. The smallest absolute Gasteiger partial charge is 0.310 e. The second-order valence-corrected chi connectivity index (χ2v) is 10.7. The van der Waals surface area contributed by atoms with Crippen molar-refractivity contribution in [3.05, 3.63) is 92.2 Å². The molecule has 3 aromatic heterocycles. The van der Waals surface area contributed by atoms with Gasteiger partial charge in [-0.3, -0.25) is 0 Å². The fourth-order valence-electron chi connectivity index (χ4n) is 5.05. The van der Waals surface area contributed by atoms with Crippen LogP contribution in [0.2, 0.25) is 0 Å². The molecule has 0 spiro atoms. The van der Waals surface area contributed by atoms with Crippen LogP contribution in [0.4, 0.5) is 10.5 Å². The number of urea groups is 1. The number of benzene rings is 1. The molecule has 1 aliphatic carbocycles. The Morgan fingerprint density at radius 1 is 1.06 bits per heavy atom. The van der Waals surface area contributed by atoms with Crippen LogP contribution in [-0.4, -0.2) is 15.5 Å². The Hall–Kier alpha value is -2.83. The highest BCUT2D eigenvalue weighted by atomic mass is 32.1. The van der Waals surface area contributed by atoms with Crippen LogP contribution >= 0.6 is 22.7 Å². The van der Waals surface area contributed by atoms with E-state index in [1.165, 1.54) is 38.7 Å². The van der Waals surface area contributed by atoms with Gasteiger partial charge in [-0.15, -0.1) is 22.7 Å². The van der Waals surface area contributed by atoms with Crippen molar-refractivity contribution in [2.75, 3.05) is 5.32 Å². The van der Waals surface area contributed by atoms with Crippen molar-refractivity contribution in [3.63, 3.8) is 0 Å². The topological polar surface area (TPSA) is 37.3 Å². The standard InChI is InChI=1S/C26H25N3OS2/c1-17-7-4-8-18(15-17)27-26(30)29-16-20-19-9-2-3-11-22(19)32-25(20)28-13-5-10-21(28)24(29)23-12-6-14-31-23/h4-8,10,12-15,24H,2-3,9,11,16H2,1H3,(H,27,30). The van der Waals surface area contributed by atoms with E-state index in [1.807, 2.05) is 47.4 Å². The first-order chi connectivity index (χ1) is 15.7. The zero-order valence-electron chi connectivity index (χ0n) is 18.0. The van der Waals surface area contributed by atoms with E-state index in [0.717, 1.165) is 29.8 Å². The molecule has 1 unspecified atom stereocenters. The Balaban J connectivity index is 1.49. The van der Waals surface area contributed by atoms with Gasteiger partial charge in [0.1, 0.15) is 11.0 Å². The average molecular weight is 460 g/mol. The van der Waals surface area contributed by atoms with E-state index < -0.39 is 0 Å². The van der Waals surface area contributed by atoms with Gasteiger partial charge in [-0.1, -0.05) is 18.2 Å². The summed E-state index contributed by atoms with van der Waals surface area (Å²) in [5.74, 6) is 0. The van der Waals surface area contributed by atoms with E-state index in [4.69, 9.17) is 0 Å². The van der Waals surface area contributed by atoms with Gasteiger partial charge in [-0.05, 0) is 79.4 Å². The van der Waals surface area contributed by atoms with E-state index in [2.05, 4.69) is 45.7 Å². The molecule has 4 nitrogen and oxygen atoms in total. The number of aryl methyl sites for hydroxylation is 2. The average Bonchev–Trinajstić information content (AvgIpc) is 3.53. The first-order valence-corrected chi connectivity index (χ1v) is 12.9. The van der Waals surface area contributed by atoms with Gasteiger partial charge >= 0.3 is 6.03 Å². The molecule has 4 aromatic rings. The number of amides is 2. The van der Waals surface area contributed by atoms with Crippen molar-refractivity contribution in [2.45, 2.75) is 45.2 Å². The number of nitrogens with one attached hydrogen (secondary N) is 1. The van der Waals surface area contributed by atoms with Crippen LogP contribution < -0.4 is 5.32 Å². The van der Waals surface area contributed by atoms with Crippen molar-refractivity contribution in [2.24, 2.45) is 0 Å². The van der Waals surface area contributed by atoms with Crippen molar-refractivity contribution in [3.8, 4) is 5.00 Å². The third kappa shape index (κ3) is 3.29. The number of hydrogen-bond acceptors (Lipinski definition) is 3. The number of rotatable bonds is 2. The zero-order chi connectivity index (χ0) is 21.7. The van der Waals surface area contributed by atoms with Crippen LogP contribution in [0, 0.1) is 6.92 Å². The van der Waals surface area contributed by atoms with Gasteiger partial charge in [0.05, 0.1) is 12.2 Å². The quantitative estimate of drug-likeness (QED) is 0.347. The molecule has 0 fully saturated rings. The summed E-state index contributed by atoms with van der Waals surface area (Å²) in [6.45, 7) is 2.68. The summed E-state index contributed by atoms with van der Waals surface area (Å²) < 4.78 is 2.34. The van der Waals surface area contributed by atoms with Crippen LogP contribution in [-0.2, 0) is 19.4 Å². The Morgan fingerprint density at radius 3 is 2.81 bits per heavy atom. The highest BCUT2D eigenvalue weighted by molar-refractivity contribution is 7.15. The first-order valence-electron chi connectivity index (χ1n) is 11.2. The molecule has 1 aliphatic heterocycles. The number of aromatic nitrogens is 1. The monoisotopic (exact) mass is 459 g/mol. The second-order valence-electron chi connectivity index (χ2n) is 8.64. The fourth-order valence-corrected chi connectivity index (χ4v) is 7.30. The molecule has 0 saturated heterocycles. The van der Waals surface area contributed by atoms with Gasteiger partial charge in [0.25, 0.3) is 0 Å². The Morgan fingerprint density at radius 2 is 1.97 bits per heavy atom. The van der Waals surface area contributed by atoms with Crippen LogP contribution in [0.3, 0.4) is 0 Å². The zero-order valence-corrected chi connectivity index (χ0v) is 19.6. The van der Waals surface area contributed by atoms with Crippen LogP contribution in [0.15, 0.2) is 60.1 Å². The molecule has 6 heteroatoms. The number of carbonyl (C=O) groups is 1. The lowest BCUT2D eigenvalue weighted by molar-refractivity contribution is 0.195. The molecule has 1 atom stereocenters. The van der Waals surface area contributed by atoms with Crippen molar-refractivity contribution in [1.29, 1.82) is 0 Å². The van der Waals surface area contributed by atoms with Crippen LogP contribution in [0.5, 0.6) is 0 Å². The summed E-state index contributed by atoms with van der Waals surface area (Å²) >= 11 is 3.64. The van der Waals surface area contributed by atoms with Gasteiger partial charge in [-0.2, -0.15) is 0 Å². The highest BCUT2D eigenvalue weighted by Crippen LogP contribution is 2.44. The lowest BCUT2D eigenvalue weighted by atomic mass is 9.95. The minimum atomic E-state index is -0.117. The fraction of sp³-hybridized carbons (Fsp3) is 0.269. The van der Waals surface area contributed by atoms with Crippen LogP contribution in [0.1, 0.15) is 51.0 Å². The minimum Gasteiger partial charge on any atom is -0.310 e. The van der Waals surface area contributed by atoms with E-state index in [9.17, 15) is 4.79 Å². The Bertz CT molecular complexity index is 1280. The molecule has 0 radical (unpaired) electrons. The van der Waals surface area contributed by atoms with Gasteiger partial charge < -0.3 is 14.8 Å². The second kappa shape index (κ2) is 7.94. The molecule has 0 bridgehead atoms. The number of nitrogens with zero attached hydrogens (tertiary/aromatic N) is 2. The molecular formula is C26H25N3OS2. The maximum absolute atomic E-state index is 13.8. The maximum atomic E-state index is 13.8.